The van der Waals surface area contributed by atoms with Gasteiger partial charge in [0.25, 0.3) is 5.69 Å². The maximum Gasteiger partial charge on any atom is 0.270 e. The summed E-state index contributed by atoms with van der Waals surface area (Å²) < 4.78 is 0. The number of benzene rings is 1. The summed E-state index contributed by atoms with van der Waals surface area (Å²) in [4.78, 5) is 9.95. The summed E-state index contributed by atoms with van der Waals surface area (Å²) in [5, 5.41) is 10.8. The topological polar surface area (TPSA) is 69.2 Å². The molecule has 0 saturated carbocycles. The van der Waals surface area contributed by atoms with Crippen LogP contribution in [0.4, 0.5) is 5.69 Å². The smallest absolute Gasteiger partial charge is 0.270 e. The first-order valence-corrected chi connectivity index (χ1v) is 4.66. The zero-order valence-electron chi connectivity index (χ0n) is 7.57. The number of aryl methyl sites for hydroxylation is 1. The summed E-state index contributed by atoms with van der Waals surface area (Å²) in [5.74, 6) is 0. The predicted molar refractivity (Wildman–Crippen MR) is 55.5 cm³/mol. The molecule has 0 fully saturated rings. The van der Waals surface area contributed by atoms with Crippen LogP contribution in [-0.4, -0.2) is 11.5 Å². The van der Waals surface area contributed by atoms with Crippen LogP contribution in [0, 0.1) is 10.1 Å². The van der Waals surface area contributed by atoms with Gasteiger partial charge in [0, 0.05) is 12.1 Å². The molecule has 0 amide bonds. The van der Waals surface area contributed by atoms with Crippen LogP contribution in [0.15, 0.2) is 18.2 Å². The van der Waals surface area contributed by atoms with E-state index >= 15 is 0 Å². The minimum atomic E-state index is -0.460. The van der Waals surface area contributed by atoms with Crippen LogP contribution in [-0.2, 0) is 6.42 Å². The van der Waals surface area contributed by atoms with Gasteiger partial charge in [-0.2, -0.15) is 0 Å². The molecule has 0 unspecified atom stereocenters. The molecule has 1 aromatic carbocycles. The lowest BCUT2D eigenvalue weighted by molar-refractivity contribution is -0.384. The molecule has 76 valence electrons. The maximum atomic E-state index is 10.4. The summed E-state index contributed by atoms with van der Waals surface area (Å²) in [6, 6.07) is 4.50. The molecule has 0 bridgehead atoms. The zero-order valence-corrected chi connectivity index (χ0v) is 8.33. The van der Waals surface area contributed by atoms with Gasteiger partial charge in [0.15, 0.2) is 0 Å². The van der Waals surface area contributed by atoms with Crippen molar-refractivity contribution in [1.82, 2.24) is 0 Å². The molecule has 1 rings (SSSR count). The molecule has 0 heterocycles. The zero-order chi connectivity index (χ0) is 10.6. The normalized spacial score (nSPS) is 10.1. The molecule has 2 N–H and O–H groups in total. The monoisotopic (exact) mass is 214 g/mol. The van der Waals surface area contributed by atoms with E-state index in [-0.39, 0.29) is 5.69 Å². The number of hydrogen-bond donors (Lipinski definition) is 1. The lowest BCUT2D eigenvalue weighted by atomic mass is 10.1. The Labute approximate surface area is 86.8 Å². The highest BCUT2D eigenvalue weighted by Gasteiger charge is 2.08. The number of hydrogen-bond acceptors (Lipinski definition) is 3. The van der Waals surface area contributed by atoms with Crippen molar-refractivity contribution in [3.05, 3.63) is 38.9 Å². The van der Waals surface area contributed by atoms with Crippen LogP contribution in [0.2, 0.25) is 5.02 Å². The second-order valence-electron chi connectivity index (χ2n) is 2.93. The largest absolute Gasteiger partial charge is 0.330 e. The van der Waals surface area contributed by atoms with Crippen LogP contribution >= 0.6 is 11.6 Å². The van der Waals surface area contributed by atoms with Gasteiger partial charge in [0.2, 0.25) is 0 Å². The molecule has 0 radical (unpaired) electrons. The number of nitrogens with two attached hydrogens (primary N) is 1. The van der Waals surface area contributed by atoms with E-state index < -0.39 is 4.92 Å². The molecule has 0 atom stereocenters. The summed E-state index contributed by atoms with van der Waals surface area (Å²) in [6.45, 7) is 0.591. The molecule has 0 aliphatic heterocycles. The van der Waals surface area contributed by atoms with E-state index in [0.29, 0.717) is 11.6 Å². The van der Waals surface area contributed by atoms with Gasteiger partial charge in [-0.25, -0.2) is 0 Å². The summed E-state index contributed by atoms with van der Waals surface area (Å²) >= 11 is 5.86. The Morgan fingerprint density at radius 2 is 2.21 bits per heavy atom. The van der Waals surface area contributed by atoms with Crippen LogP contribution in [0.25, 0.3) is 0 Å². The van der Waals surface area contributed by atoms with Crippen molar-refractivity contribution in [2.24, 2.45) is 5.73 Å². The van der Waals surface area contributed by atoms with Crippen molar-refractivity contribution in [2.75, 3.05) is 6.54 Å². The number of halogens is 1. The van der Waals surface area contributed by atoms with Gasteiger partial charge in [-0.3, -0.25) is 10.1 Å². The van der Waals surface area contributed by atoms with Crippen molar-refractivity contribution in [3.63, 3.8) is 0 Å². The molecule has 0 spiro atoms. The Hall–Kier alpha value is -1.13. The van der Waals surface area contributed by atoms with E-state index in [9.17, 15) is 10.1 Å². The third kappa shape index (κ3) is 2.68. The molecular weight excluding hydrogens is 204 g/mol. The maximum absolute atomic E-state index is 10.4. The van der Waals surface area contributed by atoms with Gasteiger partial charge in [-0.15, -0.1) is 0 Å². The van der Waals surface area contributed by atoms with Gasteiger partial charge in [-0.1, -0.05) is 17.7 Å². The Kier molecular flexibility index (Phi) is 3.85. The van der Waals surface area contributed by atoms with Crippen molar-refractivity contribution < 1.29 is 4.92 Å². The first-order chi connectivity index (χ1) is 6.65. The average Bonchev–Trinajstić information content (AvgIpc) is 2.15. The lowest BCUT2D eigenvalue weighted by Crippen LogP contribution is -2.00. The first-order valence-electron chi connectivity index (χ1n) is 4.28. The number of non-ortho nitro benzene ring substituents is 1. The van der Waals surface area contributed by atoms with Crippen LogP contribution in [0.1, 0.15) is 12.0 Å². The van der Waals surface area contributed by atoms with Gasteiger partial charge in [0.05, 0.1) is 9.95 Å². The van der Waals surface area contributed by atoms with E-state index in [1.807, 2.05) is 0 Å². The molecular formula is C9H11ClN2O2. The summed E-state index contributed by atoms with van der Waals surface area (Å²) in [5.41, 5.74) is 6.28. The van der Waals surface area contributed by atoms with Crippen LogP contribution in [0.5, 0.6) is 0 Å². The van der Waals surface area contributed by atoms with E-state index in [1.54, 1.807) is 6.07 Å². The number of nitro groups is 1. The summed E-state index contributed by atoms with van der Waals surface area (Å²) in [6.07, 6.45) is 1.59. The number of rotatable bonds is 4. The standard InChI is InChI=1S/C9H11ClN2O2/c10-9-6-8(12(13)14)4-3-7(9)2-1-5-11/h3-4,6H,1-2,5,11H2. The van der Waals surface area contributed by atoms with Crippen molar-refractivity contribution >= 4 is 17.3 Å². The van der Waals surface area contributed by atoms with Crippen LogP contribution in [0.3, 0.4) is 0 Å². The highest BCUT2D eigenvalue weighted by Crippen LogP contribution is 2.23. The molecule has 0 saturated heterocycles. The van der Waals surface area contributed by atoms with E-state index in [0.717, 1.165) is 18.4 Å². The fourth-order valence-electron chi connectivity index (χ4n) is 1.15. The van der Waals surface area contributed by atoms with Crippen molar-refractivity contribution in [2.45, 2.75) is 12.8 Å². The minimum absolute atomic E-state index is 0.0199. The molecule has 5 heteroatoms. The fraction of sp³-hybridized carbons (Fsp3) is 0.333. The van der Waals surface area contributed by atoms with Crippen molar-refractivity contribution in [3.8, 4) is 0 Å². The highest BCUT2D eigenvalue weighted by molar-refractivity contribution is 6.31. The van der Waals surface area contributed by atoms with E-state index in [4.69, 9.17) is 17.3 Å². The fourth-order valence-corrected chi connectivity index (χ4v) is 1.41. The predicted octanol–water partition coefficient (Wildman–Crippen LogP) is 2.14. The minimum Gasteiger partial charge on any atom is -0.330 e. The summed E-state index contributed by atoms with van der Waals surface area (Å²) in [7, 11) is 0. The van der Waals surface area contributed by atoms with Gasteiger partial charge in [-0.05, 0) is 24.9 Å². The molecule has 0 aromatic heterocycles. The third-order valence-corrected chi connectivity index (χ3v) is 2.25. The third-order valence-electron chi connectivity index (χ3n) is 1.90. The Morgan fingerprint density at radius 1 is 1.50 bits per heavy atom. The number of nitrogens with zero attached hydrogens (tertiary/aromatic N) is 1. The van der Waals surface area contributed by atoms with Crippen molar-refractivity contribution in [1.29, 1.82) is 0 Å². The van der Waals surface area contributed by atoms with Gasteiger partial charge >= 0.3 is 0 Å². The SMILES string of the molecule is NCCCc1ccc([N+](=O)[O-])cc1Cl. The Bertz CT molecular complexity index is 342. The molecule has 1 aromatic rings. The highest BCUT2D eigenvalue weighted by atomic mass is 35.5. The van der Waals surface area contributed by atoms with Gasteiger partial charge < -0.3 is 5.73 Å². The molecule has 0 aliphatic rings. The van der Waals surface area contributed by atoms with E-state index in [1.165, 1.54) is 12.1 Å². The van der Waals surface area contributed by atoms with E-state index in [2.05, 4.69) is 0 Å². The lowest BCUT2D eigenvalue weighted by Gasteiger charge is -2.02. The van der Waals surface area contributed by atoms with Gasteiger partial charge in [0.1, 0.15) is 0 Å². The quantitative estimate of drug-likeness (QED) is 0.617. The Balaban J connectivity index is 2.84. The number of nitro benzene ring substituents is 1. The molecule has 0 aliphatic carbocycles. The Morgan fingerprint density at radius 3 is 2.71 bits per heavy atom. The second-order valence-corrected chi connectivity index (χ2v) is 3.33. The molecule has 14 heavy (non-hydrogen) atoms. The average molecular weight is 215 g/mol. The van der Waals surface area contributed by atoms with Crippen LogP contribution < -0.4 is 5.73 Å². The molecule has 4 nitrogen and oxygen atoms in total. The first kappa shape index (κ1) is 10.9. The second kappa shape index (κ2) is 4.93.